The van der Waals surface area contributed by atoms with Crippen LogP contribution in [-0.2, 0) is 0 Å². The van der Waals surface area contributed by atoms with Crippen LogP contribution in [0.1, 0.15) is 20.8 Å². The van der Waals surface area contributed by atoms with Crippen molar-refractivity contribution in [1.82, 2.24) is 8.88 Å². The molecular weight excluding hydrogens is 251 g/mol. The smallest absolute Gasteiger partial charge is 0.333 e. The van der Waals surface area contributed by atoms with E-state index in [0.717, 1.165) is 0 Å². The zero-order chi connectivity index (χ0) is 13.4. The Balaban J connectivity index is 4.94. The van der Waals surface area contributed by atoms with E-state index in [9.17, 15) is 4.11 Å². The maximum Gasteiger partial charge on any atom is 0.371 e. The van der Waals surface area contributed by atoms with Crippen LogP contribution in [0, 0.1) is 0 Å². The quantitative estimate of drug-likeness (QED) is 0.629. The fraction of sp³-hybridized carbons (Fsp3) is 1.00. The highest BCUT2D eigenvalue weighted by Crippen LogP contribution is 2.21. The maximum atomic E-state index is 14.6. The number of hydrogen-bond acceptors (Lipinski definition) is 2. The molecule has 0 aliphatic heterocycles. The molecule has 1 N–H and O–H groups in total. The van der Waals surface area contributed by atoms with Crippen LogP contribution in [0.2, 0.25) is 39.3 Å². The Labute approximate surface area is 105 Å². The first kappa shape index (κ1) is 16.5. The minimum absolute atomic E-state index is 0.122. The minimum Gasteiger partial charge on any atom is -0.333 e. The number of halogens is 1. The first-order valence-electron chi connectivity index (χ1n) is 5.96. The molecule has 0 aromatic rings. The van der Waals surface area contributed by atoms with Gasteiger partial charge >= 0.3 is 9.45 Å². The van der Waals surface area contributed by atoms with Crippen molar-refractivity contribution in [2.75, 3.05) is 0 Å². The van der Waals surface area contributed by atoms with Crippen LogP contribution in [0.15, 0.2) is 0 Å². The Morgan fingerprint density at radius 1 is 0.938 bits per heavy atom. The fourth-order valence-electron chi connectivity index (χ4n) is 2.11. The topological polar surface area (TPSA) is 15.3 Å². The highest BCUT2D eigenvalue weighted by atomic mass is 28.5. The summed E-state index contributed by atoms with van der Waals surface area (Å²) in [5, 5.41) is 0. The molecule has 0 saturated carbocycles. The van der Waals surface area contributed by atoms with E-state index in [2.05, 4.69) is 48.2 Å². The van der Waals surface area contributed by atoms with Gasteiger partial charge in [0.1, 0.15) is 16.5 Å². The van der Waals surface area contributed by atoms with Gasteiger partial charge in [-0.3, -0.25) is 9.09 Å². The van der Waals surface area contributed by atoms with E-state index in [-0.39, 0.29) is 5.54 Å². The van der Waals surface area contributed by atoms with Crippen molar-refractivity contribution in [1.29, 1.82) is 0 Å². The lowest BCUT2D eigenvalue weighted by Crippen LogP contribution is -2.69. The molecule has 1 unspecified atom stereocenters. The molecule has 16 heavy (non-hydrogen) atoms. The van der Waals surface area contributed by atoms with Crippen LogP contribution in [-0.4, -0.2) is 35.4 Å². The monoisotopic (exact) mass is 280 g/mol. The molecule has 2 nitrogen and oxygen atoms in total. The largest absolute Gasteiger partial charge is 0.371 e. The molecule has 0 fully saturated rings. The summed E-state index contributed by atoms with van der Waals surface area (Å²) in [6, 6.07) is 0. The van der Waals surface area contributed by atoms with Crippen LogP contribution < -0.4 is 4.98 Å². The van der Waals surface area contributed by atoms with E-state index in [1.165, 1.54) is 0 Å². The Morgan fingerprint density at radius 3 is 1.44 bits per heavy atom. The van der Waals surface area contributed by atoms with Crippen molar-refractivity contribution >= 4 is 25.9 Å². The minimum atomic E-state index is -2.49. The second-order valence-corrected chi connectivity index (χ2v) is 20.0. The van der Waals surface area contributed by atoms with Crippen LogP contribution in [0.3, 0.4) is 0 Å². The predicted octanol–water partition coefficient (Wildman–Crippen LogP) is 3.03. The molecule has 0 amide bonds. The maximum absolute atomic E-state index is 14.6. The van der Waals surface area contributed by atoms with Gasteiger partial charge in [0, 0.05) is 5.54 Å². The molecule has 0 aromatic carbocycles. The van der Waals surface area contributed by atoms with E-state index in [4.69, 9.17) is 0 Å². The molecule has 0 radical (unpaired) electrons. The molecule has 1 atom stereocenters. The average molecular weight is 281 g/mol. The lowest BCUT2D eigenvalue weighted by molar-refractivity contribution is 0.480. The zero-order valence-electron chi connectivity index (χ0n) is 12.4. The normalized spacial score (nSPS) is 16.7. The second kappa shape index (κ2) is 5.01. The zero-order valence-corrected chi connectivity index (χ0v) is 15.6. The third-order valence-electron chi connectivity index (χ3n) is 2.22. The molecule has 0 spiro atoms. The number of nitrogens with zero attached hydrogens (tertiary/aromatic N) is 1. The van der Waals surface area contributed by atoms with Gasteiger partial charge in [0.25, 0.3) is 0 Å². The van der Waals surface area contributed by atoms with Crippen LogP contribution in [0.5, 0.6) is 0 Å². The Kier molecular flexibility index (Phi) is 5.17. The van der Waals surface area contributed by atoms with E-state index < -0.39 is 25.9 Å². The van der Waals surface area contributed by atoms with Crippen LogP contribution in [0.4, 0.5) is 4.11 Å². The standard InChI is InChI=1S/C10H29FN2Si3/c1-10(2,3)12-14(11)13(15(4,5)6)16(7,8)9/h12,14H,1-9H3. The van der Waals surface area contributed by atoms with Crippen LogP contribution >= 0.6 is 0 Å². The number of hydrogen-bond donors (Lipinski definition) is 1. The summed E-state index contributed by atoms with van der Waals surface area (Å²) in [7, 11) is -5.62. The molecule has 0 saturated heterocycles. The van der Waals surface area contributed by atoms with Crippen molar-refractivity contribution in [3.05, 3.63) is 0 Å². The lowest BCUT2D eigenvalue weighted by Gasteiger charge is -2.46. The molecule has 0 rings (SSSR count). The summed E-state index contributed by atoms with van der Waals surface area (Å²) < 4.78 is 16.9. The molecular formula is C10H29FN2Si3. The molecule has 0 aromatic heterocycles. The van der Waals surface area contributed by atoms with E-state index in [1.54, 1.807) is 0 Å². The van der Waals surface area contributed by atoms with Gasteiger partial charge in [0.05, 0.1) is 0 Å². The molecule has 0 aliphatic rings. The number of nitrogens with one attached hydrogen (secondary N) is 1. The summed E-state index contributed by atoms with van der Waals surface area (Å²) in [4.78, 5) is 3.20. The third kappa shape index (κ3) is 5.72. The third-order valence-corrected chi connectivity index (χ3v) is 16.7. The molecule has 0 aliphatic carbocycles. The lowest BCUT2D eigenvalue weighted by atomic mass is 10.1. The van der Waals surface area contributed by atoms with Crippen molar-refractivity contribution in [3.8, 4) is 0 Å². The Morgan fingerprint density at radius 2 is 1.25 bits per heavy atom. The van der Waals surface area contributed by atoms with Crippen LogP contribution in [0.25, 0.3) is 0 Å². The van der Waals surface area contributed by atoms with Crippen molar-refractivity contribution < 1.29 is 4.11 Å². The number of rotatable bonds is 4. The predicted molar refractivity (Wildman–Crippen MR) is 79.7 cm³/mol. The highest BCUT2D eigenvalue weighted by molar-refractivity contribution is 6.97. The summed E-state index contributed by atoms with van der Waals surface area (Å²) in [5.41, 5.74) is -0.122. The van der Waals surface area contributed by atoms with Crippen molar-refractivity contribution in [2.24, 2.45) is 0 Å². The SMILES string of the molecule is CC(C)(C)N[SiH](F)N([Si](C)(C)C)[Si](C)(C)C. The average Bonchev–Trinajstić information content (AvgIpc) is 1.70. The Hall–Kier alpha value is 0.501. The fourth-order valence-corrected chi connectivity index (χ4v) is 16.8. The van der Waals surface area contributed by atoms with Gasteiger partial charge in [-0.05, 0) is 20.8 Å². The van der Waals surface area contributed by atoms with E-state index in [1.807, 2.05) is 20.8 Å². The summed E-state index contributed by atoms with van der Waals surface area (Å²) in [6.07, 6.45) is 0. The molecule has 0 heterocycles. The van der Waals surface area contributed by atoms with Crippen molar-refractivity contribution in [2.45, 2.75) is 65.6 Å². The van der Waals surface area contributed by atoms with Gasteiger partial charge in [-0.1, -0.05) is 39.3 Å². The first-order valence-corrected chi connectivity index (χ1v) is 14.4. The van der Waals surface area contributed by atoms with Crippen molar-refractivity contribution in [3.63, 3.8) is 0 Å². The van der Waals surface area contributed by atoms with Gasteiger partial charge < -0.3 is 3.90 Å². The van der Waals surface area contributed by atoms with Gasteiger partial charge in [-0.15, -0.1) is 0 Å². The van der Waals surface area contributed by atoms with Gasteiger partial charge in [0.15, 0.2) is 0 Å². The second-order valence-electron chi connectivity index (χ2n) is 7.44. The highest BCUT2D eigenvalue weighted by Gasteiger charge is 2.42. The molecule has 6 heteroatoms. The van der Waals surface area contributed by atoms with Gasteiger partial charge in [0.2, 0.25) is 0 Å². The summed E-state index contributed by atoms with van der Waals surface area (Å²) >= 11 is 0. The van der Waals surface area contributed by atoms with E-state index >= 15 is 0 Å². The van der Waals surface area contributed by atoms with Gasteiger partial charge in [-0.2, -0.15) is 0 Å². The molecule has 0 bridgehead atoms. The Bertz CT molecular complexity index is 214. The van der Waals surface area contributed by atoms with Gasteiger partial charge in [-0.25, -0.2) is 0 Å². The van der Waals surface area contributed by atoms with E-state index in [0.29, 0.717) is 0 Å². The summed E-state index contributed by atoms with van der Waals surface area (Å²) in [6.45, 7) is 19.6. The first-order chi connectivity index (χ1) is 6.75. The summed E-state index contributed by atoms with van der Waals surface area (Å²) in [5.74, 6) is 0. The molecule has 98 valence electrons.